The smallest absolute Gasteiger partial charge is 0.407 e. The van der Waals surface area contributed by atoms with E-state index in [1.54, 1.807) is 0 Å². The van der Waals surface area contributed by atoms with Crippen LogP contribution in [0, 0.1) is 5.41 Å². The number of likely N-dealkylation sites (tertiary alicyclic amines) is 1. The van der Waals surface area contributed by atoms with Gasteiger partial charge in [0.05, 0.1) is 0 Å². The average Bonchev–Trinajstić information content (AvgIpc) is 2.83. The molecule has 0 unspecified atom stereocenters. The van der Waals surface area contributed by atoms with Crippen molar-refractivity contribution in [1.82, 2.24) is 15.0 Å². The molecule has 23 heavy (non-hydrogen) atoms. The highest BCUT2D eigenvalue weighted by atomic mass is 16.5. The molecule has 1 aromatic heterocycles. The van der Waals surface area contributed by atoms with Crippen molar-refractivity contribution in [1.29, 1.82) is 0 Å². The van der Waals surface area contributed by atoms with Crippen molar-refractivity contribution in [2.45, 2.75) is 33.1 Å². The van der Waals surface area contributed by atoms with Gasteiger partial charge >= 0.3 is 6.09 Å². The molecule has 1 fully saturated rings. The standard InChI is InChI=1S/C17H21N3O3/c1-17(2,3)8-14-18-15(19-23-14)12-6-4-11(5-7-12)13-9-20(10-13)16(21)22/h4-7,13H,8-10H2,1-3H3,(H,21,22). The summed E-state index contributed by atoms with van der Waals surface area (Å²) in [6.45, 7) is 7.51. The summed E-state index contributed by atoms with van der Waals surface area (Å²) in [4.78, 5) is 16.7. The van der Waals surface area contributed by atoms with Crippen molar-refractivity contribution in [3.63, 3.8) is 0 Å². The van der Waals surface area contributed by atoms with E-state index in [0.717, 1.165) is 17.5 Å². The second-order valence-electron chi connectivity index (χ2n) is 7.26. The Morgan fingerprint density at radius 3 is 2.52 bits per heavy atom. The molecule has 1 aromatic carbocycles. The van der Waals surface area contributed by atoms with Crippen LogP contribution in [0.15, 0.2) is 28.8 Å². The molecule has 0 atom stereocenters. The Morgan fingerprint density at radius 1 is 1.30 bits per heavy atom. The van der Waals surface area contributed by atoms with E-state index in [4.69, 9.17) is 9.63 Å². The Bertz CT molecular complexity index is 695. The summed E-state index contributed by atoms with van der Waals surface area (Å²) >= 11 is 0. The van der Waals surface area contributed by atoms with Crippen molar-refractivity contribution in [3.8, 4) is 11.4 Å². The van der Waals surface area contributed by atoms with Crippen molar-refractivity contribution < 1.29 is 14.4 Å². The zero-order chi connectivity index (χ0) is 16.6. The minimum absolute atomic E-state index is 0.105. The van der Waals surface area contributed by atoms with Crippen LogP contribution >= 0.6 is 0 Å². The lowest BCUT2D eigenvalue weighted by atomic mass is 9.91. The average molecular weight is 315 g/mol. The second kappa shape index (κ2) is 5.68. The molecule has 1 aliphatic heterocycles. The van der Waals surface area contributed by atoms with Crippen LogP contribution in [0.1, 0.15) is 38.1 Å². The van der Waals surface area contributed by atoms with Gasteiger partial charge in [-0.15, -0.1) is 0 Å². The molecule has 0 bridgehead atoms. The molecule has 1 aliphatic rings. The van der Waals surface area contributed by atoms with Crippen molar-refractivity contribution in [2.75, 3.05) is 13.1 Å². The van der Waals surface area contributed by atoms with E-state index >= 15 is 0 Å². The SMILES string of the molecule is CC(C)(C)Cc1nc(-c2ccc(C3CN(C(=O)O)C3)cc2)no1. The van der Waals surface area contributed by atoms with Gasteiger partial charge in [0.15, 0.2) is 0 Å². The summed E-state index contributed by atoms with van der Waals surface area (Å²) in [6, 6.07) is 7.95. The lowest BCUT2D eigenvalue weighted by molar-refractivity contribution is 0.105. The number of carboxylic acid groups (broad SMARTS) is 1. The summed E-state index contributed by atoms with van der Waals surface area (Å²) < 4.78 is 5.31. The summed E-state index contributed by atoms with van der Waals surface area (Å²) in [5.74, 6) is 1.52. The third kappa shape index (κ3) is 3.52. The molecule has 6 nitrogen and oxygen atoms in total. The quantitative estimate of drug-likeness (QED) is 0.939. The molecule has 1 saturated heterocycles. The van der Waals surface area contributed by atoms with Gasteiger partial charge in [-0.25, -0.2) is 4.79 Å². The Morgan fingerprint density at radius 2 is 1.96 bits per heavy atom. The van der Waals surface area contributed by atoms with E-state index in [9.17, 15) is 4.79 Å². The van der Waals surface area contributed by atoms with Gasteiger partial charge in [0.1, 0.15) is 0 Å². The fraction of sp³-hybridized carbons (Fsp3) is 0.471. The summed E-state index contributed by atoms with van der Waals surface area (Å²) in [5, 5.41) is 12.9. The molecule has 6 heteroatoms. The lowest BCUT2D eigenvalue weighted by Gasteiger charge is -2.37. The van der Waals surface area contributed by atoms with Crippen LogP contribution in [0.2, 0.25) is 0 Å². The molecule has 0 aliphatic carbocycles. The summed E-state index contributed by atoms with van der Waals surface area (Å²) in [6.07, 6.45) is -0.110. The zero-order valence-corrected chi connectivity index (χ0v) is 13.6. The normalized spacial score (nSPS) is 15.5. The van der Waals surface area contributed by atoms with Crippen LogP contribution in [0.25, 0.3) is 11.4 Å². The van der Waals surface area contributed by atoms with Gasteiger partial charge in [-0.05, 0) is 11.0 Å². The number of carbonyl (C=O) groups is 1. The number of aromatic nitrogens is 2. The molecule has 3 rings (SSSR count). The number of nitrogens with zero attached hydrogens (tertiary/aromatic N) is 3. The molecular weight excluding hydrogens is 294 g/mol. The fourth-order valence-corrected chi connectivity index (χ4v) is 2.65. The highest BCUT2D eigenvalue weighted by Crippen LogP contribution is 2.29. The van der Waals surface area contributed by atoms with Crippen LogP contribution in [0.4, 0.5) is 4.79 Å². The van der Waals surface area contributed by atoms with Crippen LogP contribution in [-0.4, -0.2) is 39.3 Å². The number of hydrogen-bond donors (Lipinski definition) is 1. The van der Waals surface area contributed by atoms with Crippen LogP contribution in [0.5, 0.6) is 0 Å². The number of hydrogen-bond acceptors (Lipinski definition) is 4. The molecule has 0 radical (unpaired) electrons. The van der Waals surface area contributed by atoms with Gasteiger partial charge < -0.3 is 14.5 Å². The number of benzene rings is 1. The van der Waals surface area contributed by atoms with E-state index in [0.29, 0.717) is 24.8 Å². The number of rotatable bonds is 3. The first kappa shape index (κ1) is 15.5. The van der Waals surface area contributed by atoms with Crippen molar-refractivity contribution >= 4 is 6.09 Å². The highest BCUT2D eigenvalue weighted by molar-refractivity contribution is 5.66. The van der Waals surface area contributed by atoms with Gasteiger partial charge in [0.25, 0.3) is 0 Å². The maximum absolute atomic E-state index is 10.8. The van der Waals surface area contributed by atoms with Crippen LogP contribution in [-0.2, 0) is 6.42 Å². The molecule has 0 saturated carbocycles. The fourth-order valence-electron chi connectivity index (χ4n) is 2.65. The first-order chi connectivity index (χ1) is 10.8. The van der Waals surface area contributed by atoms with E-state index in [1.807, 2.05) is 24.3 Å². The number of amides is 1. The first-order valence-electron chi connectivity index (χ1n) is 7.72. The molecule has 2 heterocycles. The van der Waals surface area contributed by atoms with Crippen LogP contribution < -0.4 is 0 Å². The van der Waals surface area contributed by atoms with E-state index < -0.39 is 6.09 Å². The molecule has 2 aromatic rings. The van der Waals surface area contributed by atoms with Crippen molar-refractivity contribution in [2.24, 2.45) is 5.41 Å². The van der Waals surface area contributed by atoms with E-state index in [-0.39, 0.29) is 11.3 Å². The van der Waals surface area contributed by atoms with E-state index in [2.05, 4.69) is 30.9 Å². The molecule has 0 spiro atoms. The molecule has 1 amide bonds. The maximum atomic E-state index is 10.8. The third-order valence-corrected chi connectivity index (χ3v) is 3.94. The third-order valence-electron chi connectivity index (χ3n) is 3.94. The van der Waals surface area contributed by atoms with Gasteiger partial charge in [0, 0.05) is 31.0 Å². The van der Waals surface area contributed by atoms with Gasteiger partial charge in [-0.1, -0.05) is 50.2 Å². The minimum Gasteiger partial charge on any atom is -0.465 e. The Kier molecular flexibility index (Phi) is 3.83. The minimum atomic E-state index is -0.851. The summed E-state index contributed by atoms with van der Waals surface area (Å²) in [5.41, 5.74) is 2.16. The maximum Gasteiger partial charge on any atom is 0.407 e. The van der Waals surface area contributed by atoms with Crippen LogP contribution in [0.3, 0.4) is 0 Å². The topological polar surface area (TPSA) is 79.5 Å². The molecule has 122 valence electrons. The van der Waals surface area contributed by atoms with Gasteiger partial charge in [-0.2, -0.15) is 4.98 Å². The molecule has 1 N–H and O–H groups in total. The van der Waals surface area contributed by atoms with E-state index in [1.165, 1.54) is 4.90 Å². The molecular formula is C17H21N3O3. The largest absolute Gasteiger partial charge is 0.465 e. The first-order valence-corrected chi connectivity index (χ1v) is 7.72. The van der Waals surface area contributed by atoms with Gasteiger partial charge in [-0.3, -0.25) is 0 Å². The highest BCUT2D eigenvalue weighted by Gasteiger charge is 2.31. The Labute approximate surface area is 135 Å². The lowest BCUT2D eigenvalue weighted by Crippen LogP contribution is -2.47. The second-order valence-corrected chi connectivity index (χ2v) is 7.26. The summed E-state index contributed by atoms with van der Waals surface area (Å²) in [7, 11) is 0. The Hall–Kier alpha value is -2.37. The van der Waals surface area contributed by atoms with Gasteiger partial charge in [0.2, 0.25) is 11.7 Å². The predicted octanol–water partition coefficient (Wildman–Crippen LogP) is 3.40. The predicted molar refractivity (Wildman–Crippen MR) is 85.2 cm³/mol. The zero-order valence-electron chi connectivity index (χ0n) is 13.6. The monoisotopic (exact) mass is 315 g/mol. The Balaban J connectivity index is 1.67. The van der Waals surface area contributed by atoms with Crippen molar-refractivity contribution in [3.05, 3.63) is 35.7 Å².